The number of rotatable bonds is 0. The van der Waals surface area contributed by atoms with Crippen molar-refractivity contribution in [1.29, 1.82) is 0 Å². The van der Waals surface area contributed by atoms with Crippen molar-refractivity contribution in [2.45, 2.75) is 91.0 Å². The zero-order valence-electron chi connectivity index (χ0n) is 15.7. The van der Waals surface area contributed by atoms with Crippen LogP contribution < -0.4 is 0 Å². The van der Waals surface area contributed by atoms with Crippen molar-refractivity contribution in [3.8, 4) is 0 Å². The lowest BCUT2D eigenvalue weighted by Crippen LogP contribution is -2.57. The molecule has 23 heavy (non-hydrogen) atoms. The summed E-state index contributed by atoms with van der Waals surface area (Å²) >= 11 is 0. The zero-order chi connectivity index (χ0) is 16.7. The second-order valence-corrected chi connectivity index (χ2v) is 8.32. The van der Waals surface area contributed by atoms with Crippen molar-refractivity contribution in [2.24, 2.45) is 23.2 Å². The Kier molecular flexibility index (Phi) is 4.95. The fourth-order valence-electron chi connectivity index (χ4n) is 5.81. The fourth-order valence-corrected chi connectivity index (χ4v) is 5.81. The molecule has 0 aromatic rings. The first-order valence-corrected chi connectivity index (χ1v) is 10.0. The van der Waals surface area contributed by atoms with Gasteiger partial charge in [0.15, 0.2) is 5.79 Å². The standard InChI is InChI=1S/C19H30O2.C2H6/c1-13-6-7-16-15-12-20-19(9-4-5-10-19)21-17(15)8-11-18(16,3)14(13)2;1-2/h14-17H,1,4-12H2,2-3H3;1-2H3. The average molecular weight is 321 g/mol. The van der Waals surface area contributed by atoms with Gasteiger partial charge in [-0.25, -0.2) is 0 Å². The van der Waals surface area contributed by atoms with Gasteiger partial charge in [0.1, 0.15) is 0 Å². The van der Waals surface area contributed by atoms with Gasteiger partial charge in [-0.05, 0) is 55.8 Å². The maximum Gasteiger partial charge on any atom is 0.168 e. The van der Waals surface area contributed by atoms with Gasteiger partial charge in [0.2, 0.25) is 0 Å². The minimum atomic E-state index is -0.196. The van der Waals surface area contributed by atoms with Crippen LogP contribution in [0, 0.1) is 23.2 Å². The van der Waals surface area contributed by atoms with Gasteiger partial charge in [-0.1, -0.05) is 39.8 Å². The Hall–Kier alpha value is -0.340. The maximum atomic E-state index is 6.55. The minimum Gasteiger partial charge on any atom is -0.350 e. The van der Waals surface area contributed by atoms with Crippen LogP contribution in [0.15, 0.2) is 12.2 Å². The SMILES string of the molecule is C=C1CCC2C3COC4(CCCC4)OC3CCC2(C)C1C.CC. The van der Waals surface area contributed by atoms with Crippen molar-refractivity contribution < 1.29 is 9.47 Å². The average Bonchev–Trinajstić information content (AvgIpc) is 3.02. The van der Waals surface area contributed by atoms with Gasteiger partial charge in [0.05, 0.1) is 12.7 Å². The molecule has 5 atom stereocenters. The lowest BCUT2D eigenvalue weighted by atomic mass is 9.51. The van der Waals surface area contributed by atoms with Crippen molar-refractivity contribution in [2.75, 3.05) is 6.61 Å². The monoisotopic (exact) mass is 320 g/mol. The van der Waals surface area contributed by atoms with Crippen LogP contribution in [-0.4, -0.2) is 18.5 Å². The maximum absolute atomic E-state index is 6.55. The van der Waals surface area contributed by atoms with Crippen LogP contribution >= 0.6 is 0 Å². The molecule has 1 saturated heterocycles. The summed E-state index contributed by atoms with van der Waals surface area (Å²) < 4.78 is 12.9. The Balaban J connectivity index is 0.000000753. The van der Waals surface area contributed by atoms with Crippen LogP contribution in [0.5, 0.6) is 0 Å². The van der Waals surface area contributed by atoms with E-state index >= 15 is 0 Å². The van der Waals surface area contributed by atoms with Crippen molar-refractivity contribution in [3.63, 3.8) is 0 Å². The van der Waals surface area contributed by atoms with Crippen LogP contribution in [0.2, 0.25) is 0 Å². The molecule has 0 aromatic carbocycles. The van der Waals surface area contributed by atoms with Crippen molar-refractivity contribution in [1.82, 2.24) is 0 Å². The highest BCUT2D eigenvalue weighted by atomic mass is 16.7. The summed E-state index contributed by atoms with van der Waals surface area (Å²) in [5.74, 6) is 1.83. The molecule has 132 valence electrons. The highest BCUT2D eigenvalue weighted by Gasteiger charge is 2.55. The Bertz CT molecular complexity index is 437. The molecule has 0 amide bonds. The topological polar surface area (TPSA) is 18.5 Å². The van der Waals surface area contributed by atoms with Crippen molar-refractivity contribution in [3.05, 3.63) is 12.2 Å². The smallest absolute Gasteiger partial charge is 0.168 e. The molecule has 4 rings (SSSR count). The Morgan fingerprint density at radius 1 is 1.09 bits per heavy atom. The van der Waals surface area contributed by atoms with Gasteiger partial charge in [-0.2, -0.15) is 0 Å². The minimum absolute atomic E-state index is 0.196. The molecule has 2 nitrogen and oxygen atoms in total. The summed E-state index contributed by atoms with van der Waals surface area (Å²) in [6.45, 7) is 14.2. The van der Waals surface area contributed by atoms with E-state index in [2.05, 4.69) is 20.4 Å². The van der Waals surface area contributed by atoms with Crippen LogP contribution in [0.4, 0.5) is 0 Å². The first kappa shape index (κ1) is 17.5. The number of ether oxygens (including phenoxy) is 2. The van der Waals surface area contributed by atoms with Crippen LogP contribution in [-0.2, 0) is 9.47 Å². The molecular weight excluding hydrogens is 284 g/mol. The first-order chi connectivity index (χ1) is 11.0. The molecule has 4 aliphatic rings. The zero-order valence-corrected chi connectivity index (χ0v) is 15.7. The highest BCUT2D eigenvalue weighted by molar-refractivity contribution is 5.14. The lowest BCUT2D eigenvalue weighted by molar-refractivity contribution is -0.328. The number of hydrogen-bond acceptors (Lipinski definition) is 2. The summed E-state index contributed by atoms with van der Waals surface area (Å²) in [7, 11) is 0. The van der Waals surface area contributed by atoms with Gasteiger partial charge >= 0.3 is 0 Å². The molecule has 1 aliphatic heterocycles. The van der Waals surface area contributed by atoms with E-state index in [0.717, 1.165) is 25.4 Å². The number of fused-ring (bicyclic) bond motifs is 3. The molecule has 4 fully saturated rings. The third kappa shape index (κ3) is 2.80. The molecule has 1 heterocycles. The molecular formula is C21H36O2. The van der Waals surface area contributed by atoms with Gasteiger partial charge in [0, 0.05) is 18.8 Å². The van der Waals surface area contributed by atoms with E-state index in [9.17, 15) is 0 Å². The molecule has 2 heteroatoms. The molecule has 5 unspecified atom stereocenters. The third-order valence-electron chi connectivity index (χ3n) is 7.46. The van der Waals surface area contributed by atoms with E-state index < -0.39 is 0 Å². The lowest BCUT2D eigenvalue weighted by Gasteiger charge is -2.58. The van der Waals surface area contributed by atoms with E-state index in [0.29, 0.717) is 23.4 Å². The molecule has 1 spiro atoms. The van der Waals surface area contributed by atoms with Crippen molar-refractivity contribution >= 4 is 0 Å². The van der Waals surface area contributed by atoms with Gasteiger partial charge in [-0.3, -0.25) is 0 Å². The largest absolute Gasteiger partial charge is 0.350 e. The Labute approximate surface area is 143 Å². The Morgan fingerprint density at radius 3 is 2.48 bits per heavy atom. The fraction of sp³-hybridized carbons (Fsp3) is 0.905. The van der Waals surface area contributed by atoms with Gasteiger partial charge in [-0.15, -0.1) is 0 Å². The molecule has 0 aromatic heterocycles. The quantitative estimate of drug-likeness (QED) is 0.532. The van der Waals surface area contributed by atoms with Crippen LogP contribution in [0.3, 0.4) is 0 Å². The van der Waals surface area contributed by atoms with E-state index in [1.807, 2.05) is 13.8 Å². The first-order valence-electron chi connectivity index (χ1n) is 10.0. The van der Waals surface area contributed by atoms with E-state index in [4.69, 9.17) is 9.47 Å². The highest BCUT2D eigenvalue weighted by Crippen LogP contribution is 2.59. The van der Waals surface area contributed by atoms with Gasteiger partial charge < -0.3 is 9.47 Å². The molecule has 3 saturated carbocycles. The van der Waals surface area contributed by atoms with E-state index in [-0.39, 0.29) is 5.79 Å². The summed E-state index contributed by atoms with van der Waals surface area (Å²) in [6.07, 6.45) is 10.3. The second kappa shape index (κ2) is 6.52. The molecule has 3 aliphatic carbocycles. The van der Waals surface area contributed by atoms with E-state index in [1.54, 1.807) is 0 Å². The Morgan fingerprint density at radius 2 is 1.78 bits per heavy atom. The second-order valence-electron chi connectivity index (χ2n) is 8.32. The number of hydrogen-bond donors (Lipinski definition) is 0. The predicted molar refractivity (Wildman–Crippen MR) is 95.2 cm³/mol. The number of allylic oxidation sites excluding steroid dienone is 1. The van der Waals surface area contributed by atoms with Gasteiger partial charge in [0.25, 0.3) is 0 Å². The van der Waals surface area contributed by atoms with Crippen LogP contribution in [0.1, 0.15) is 79.1 Å². The summed E-state index contributed by atoms with van der Waals surface area (Å²) in [5.41, 5.74) is 1.89. The third-order valence-corrected chi connectivity index (χ3v) is 7.46. The normalized spacial score (nSPS) is 45.0. The molecule has 0 bridgehead atoms. The summed E-state index contributed by atoms with van der Waals surface area (Å²) in [5, 5.41) is 0. The summed E-state index contributed by atoms with van der Waals surface area (Å²) in [6, 6.07) is 0. The van der Waals surface area contributed by atoms with E-state index in [1.165, 1.54) is 44.1 Å². The molecule has 0 radical (unpaired) electrons. The van der Waals surface area contributed by atoms with Crippen LogP contribution in [0.25, 0.3) is 0 Å². The predicted octanol–water partition coefficient (Wildman–Crippen LogP) is 5.72. The molecule has 0 N–H and O–H groups in total. The summed E-state index contributed by atoms with van der Waals surface area (Å²) in [4.78, 5) is 0.